The highest BCUT2D eigenvalue weighted by Crippen LogP contribution is 2.42. The fourth-order valence-electron chi connectivity index (χ4n) is 3.54. The van der Waals surface area contributed by atoms with Crippen molar-refractivity contribution >= 4 is 51.2 Å². The Morgan fingerprint density at radius 1 is 1.21 bits per heavy atom. The normalized spacial score (nSPS) is 12.0. The zero-order valence-electron chi connectivity index (χ0n) is 18.5. The van der Waals surface area contributed by atoms with Gasteiger partial charge in [-0.2, -0.15) is 0 Å². The molecule has 0 spiro atoms. The number of aryl methyl sites for hydroxylation is 2. The number of benzene rings is 2. The minimum absolute atomic E-state index is 0.0955. The van der Waals surface area contributed by atoms with E-state index in [-0.39, 0.29) is 17.3 Å². The van der Waals surface area contributed by atoms with E-state index in [4.69, 9.17) is 0 Å². The summed E-state index contributed by atoms with van der Waals surface area (Å²) in [6.45, 7) is 5.98. The Morgan fingerprint density at radius 2 is 1.97 bits per heavy atom. The van der Waals surface area contributed by atoms with Crippen LogP contribution in [0.3, 0.4) is 0 Å². The molecule has 33 heavy (non-hydrogen) atoms. The first-order valence-corrected chi connectivity index (χ1v) is 12.2. The number of carbonyl (C=O) groups is 2. The van der Waals surface area contributed by atoms with Gasteiger partial charge in [0.25, 0.3) is 0 Å². The molecule has 1 unspecified atom stereocenters. The third kappa shape index (κ3) is 4.77. The van der Waals surface area contributed by atoms with Crippen molar-refractivity contribution in [3.63, 3.8) is 0 Å². The van der Waals surface area contributed by atoms with Crippen molar-refractivity contribution < 1.29 is 14.7 Å². The van der Waals surface area contributed by atoms with Gasteiger partial charge in [-0.05, 0) is 49.6 Å². The van der Waals surface area contributed by atoms with Gasteiger partial charge in [-0.1, -0.05) is 43.0 Å². The number of nitrogens with one attached hydrogen (secondary N) is 1. The van der Waals surface area contributed by atoms with Gasteiger partial charge >= 0.3 is 0 Å². The molecule has 0 saturated heterocycles. The number of carbonyl (C=O) groups excluding carboxylic acids is 2. The highest BCUT2D eigenvalue weighted by molar-refractivity contribution is 8.00. The van der Waals surface area contributed by atoms with Crippen LogP contribution in [-0.4, -0.2) is 32.5 Å². The summed E-state index contributed by atoms with van der Waals surface area (Å²) >= 11 is 2.95. The summed E-state index contributed by atoms with van der Waals surface area (Å²) < 4.78 is 0. The van der Waals surface area contributed by atoms with E-state index in [0.717, 1.165) is 37.7 Å². The summed E-state index contributed by atoms with van der Waals surface area (Å²) in [4.78, 5) is 34.9. The Kier molecular flexibility index (Phi) is 6.76. The summed E-state index contributed by atoms with van der Waals surface area (Å²) in [5, 5.41) is 13.9. The number of thioether (sulfide) groups is 1. The van der Waals surface area contributed by atoms with Crippen LogP contribution in [0, 0.1) is 6.92 Å². The number of aromatic nitrogens is 2. The van der Waals surface area contributed by atoms with Gasteiger partial charge in [-0.25, -0.2) is 9.97 Å². The summed E-state index contributed by atoms with van der Waals surface area (Å²) in [6.07, 6.45) is 3.17. The van der Waals surface area contributed by atoms with E-state index >= 15 is 0 Å². The van der Waals surface area contributed by atoms with Crippen molar-refractivity contribution in [2.75, 3.05) is 5.32 Å². The SMILES string of the molecule is CCc1ccc(-c2c(C)sc3ncnc(SC(C)C(=O)Nc4cc(C=O)ccc4O)c23)cc1. The Hall–Kier alpha value is -3.23. The number of amides is 1. The average molecular weight is 478 g/mol. The molecule has 2 aromatic heterocycles. The number of hydrogen-bond donors (Lipinski definition) is 2. The molecular formula is C25H23N3O3S2. The molecule has 6 nitrogen and oxygen atoms in total. The van der Waals surface area contributed by atoms with Crippen LogP contribution in [0.2, 0.25) is 0 Å². The summed E-state index contributed by atoms with van der Waals surface area (Å²) in [5.41, 5.74) is 4.03. The van der Waals surface area contributed by atoms with Gasteiger partial charge in [0.2, 0.25) is 5.91 Å². The second kappa shape index (κ2) is 9.72. The van der Waals surface area contributed by atoms with Gasteiger partial charge in [-0.15, -0.1) is 11.3 Å². The lowest BCUT2D eigenvalue weighted by Gasteiger charge is -2.14. The number of thiophene rings is 1. The zero-order chi connectivity index (χ0) is 23.5. The van der Waals surface area contributed by atoms with Crippen LogP contribution in [0.4, 0.5) is 5.69 Å². The monoisotopic (exact) mass is 477 g/mol. The fourth-order valence-corrected chi connectivity index (χ4v) is 5.55. The molecule has 2 aromatic carbocycles. The molecule has 0 fully saturated rings. The fraction of sp³-hybridized carbons (Fsp3) is 0.200. The van der Waals surface area contributed by atoms with E-state index in [9.17, 15) is 14.7 Å². The van der Waals surface area contributed by atoms with Crippen LogP contribution < -0.4 is 5.32 Å². The minimum Gasteiger partial charge on any atom is -0.506 e. The number of aromatic hydroxyl groups is 1. The second-order valence-electron chi connectivity index (χ2n) is 7.59. The zero-order valence-corrected chi connectivity index (χ0v) is 20.1. The Morgan fingerprint density at radius 3 is 2.67 bits per heavy atom. The molecule has 0 radical (unpaired) electrons. The maximum Gasteiger partial charge on any atom is 0.237 e. The van der Waals surface area contributed by atoms with E-state index in [1.54, 1.807) is 18.3 Å². The molecule has 4 rings (SSSR count). The van der Waals surface area contributed by atoms with Crippen LogP contribution in [0.1, 0.15) is 34.6 Å². The van der Waals surface area contributed by atoms with E-state index in [0.29, 0.717) is 11.8 Å². The standard InChI is InChI=1S/C25H23N3O3S2/c1-4-16-5-8-18(9-6-16)21-14(2)32-24-22(21)25(27-13-26-24)33-15(3)23(31)28-19-11-17(12-29)7-10-20(19)30/h5-13,15,30H,4H2,1-3H3,(H,28,31). The molecule has 0 saturated carbocycles. The van der Waals surface area contributed by atoms with E-state index in [1.807, 2.05) is 0 Å². The van der Waals surface area contributed by atoms with Gasteiger partial charge < -0.3 is 10.4 Å². The predicted molar refractivity (Wildman–Crippen MR) is 134 cm³/mol. The summed E-state index contributed by atoms with van der Waals surface area (Å²) in [7, 11) is 0. The van der Waals surface area contributed by atoms with Crippen molar-refractivity contribution in [1.82, 2.24) is 9.97 Å². The third-order valence-electron chi connectivity index (χ3n) is 5.35. The van der Waals surface area contributed by atoms with Crippen LogP contribution in [0.25, 0.3) is 21.3 Å². The first kappa shape index (κ1) is 22.9. The first-order chi connectivity index (χ1) is 15.9. The molecule has 1 atom stereocenters. The molecule has 0 aliphatic rings. The van der Waals surface area contributed by atoms with Crippen molar-refractivity contribution in [3.05, 3.63) is 64.8 Å². The lowest BCUT2D eigenvalue weighted by molar-refractivity contribution is -0.115. The van der Waals surface area contributed by atoms with E-state index in [2.05, 4.69) is 53.4 Å². The van der Waals surface area contributed by atoms with Crippen molar-refractivity contribution in [2.24, 2.45) is 0 Å². The molecule has 168 valence electrons. The van der Waals surface area contributed by atoms with Crippen LogP contribution in [0.15, 0.2) is 53.8 Å². The number of phenolic OH excluding ortho intramolecular Hbond substituents is 1. The van der Waals surface area contributed by atoms with Crippen molar-refractivity contribution in [1.29, 1.82) is 0 Å². The molecule has 8 heteroatoms. The highest BCUT2D eigenvalue weighted by atomic mass is 32.2. The summed E-state index contributed by atoms with van der Waals surface area (Å²) in [5.74, 6) is -0.396. The minimum atomic E-state index is -0.502. The largest absolute Gasteiger partial charge is 0.506 e. The molecule has 0 aliphatic carbocycles. The predicted octanol–water partition coefficient (Wildman–Crippen LogP) is 5.87. The van der Waals surface area contributed by atoms with Gasteiger partial charge in [0.05, 0.1) is 16.3 Å². The second-order valence-corrected chi connectivity index (χ2v) is 10.1. The third-order valence-corrected chi connectivity index (χ3v) is 7.47. The van der Waals surface area contributed by atoms with Crippen molar-refractivity contribution in [2.45, 2.75) is 37.5 Å². The number of rotatable bonds is 7. The number of hydrogen-bond acceptors (Lipinski definition) is 7. The number of anilines is 1. The molecule has 2 N–H and O–H groups in total. The molecule has 1 amide bonds. The topological polar surface area (TPSA) is 92.2 Å². The Balaban J connectivity index is 1.64. The number of phenols is 1. The average Bonchev–Trinajstić information content (AvgIpc) is 3.17. The molecule has 0 aliphatic heterocycles. The highest BCUT2D eigenvalue weighted by Gasteiger charge is 2.22. The molecule has 0 bridgehead atoms. The lowest BCUT2D eigenvalue weighted by Crippen LogP contribution is -2.22. The van der Waals surface area contributed by atoms with Crippen LogP contribution in [0.5, 0.6) is 5.75 Å². The van der Waals surface area contributed by atoms with Crippen LogP contribution >= 0.6 is 23.1 Å². The lowest BCUT2D eigenvalue weighted by atomic mass is 10.0. The quantitative estimate of drug-likeness (QED) is 0.150. The summed E-state index contributed by atoms with van der Waals surface area (Å²) in [6, 6.07) is 12.8. The van der Waals surface area contributed by atoms with Gasteiger partial charge in [0, 0.05) is 16.0 Å². The first-order valence-electron chi connectivity index (χ1n) is 10.5. The Bertz CT molecular complexity index is 1330. The van der Waals surface area contributed by atoms with Gasteiger partial charge in [0.15, 0.2) is 0 Å². The molecular weight excluding hydrogens is 454 g/mol. The molecule has 2 heterocycles. The molecule has 4 aromatic rings. The Labute approximate surface area is 200 Å². The van der Waals surface area contributed by atoms with E-state index < -0.39 is 5.25 Å². The van der Waals surface area contributed by atoms with Gasteiger partial charge in [-0.3, -0.25) is 9.59 Å². The van der Waals surface area contributed by atoms with Gasteiger partial charge in [0.1, 0.15) is 28.2 Å². The number of fused-ring (bicyclic) bond motifs is 1. The maximum atomic E-state index is 12.9. The maximum absolute atomic E-state index is 12.9. The smallest absolute Gasteiger partial charge is 0.237 e. The van der Waals surface area contributed by atoms with E-state index in [1.165, 1.54) is 41.9 Å². The number of nitrogens with zero attached hydrogens (tertiary/aromatic N) is 2. The van der Waals surface area contributed by atoms with Crippen LogP contribution in [-0.2, 0) is 11.2 Å². The van der Waals surface area contributed by atoms with Crippen molar-refractivity contribution in [3.8, 4) is 16.9 Å². The number of aldehydes is 1.